The predicted molar refractivity (Wildman–Crippen MR) is 77.7 cm³/mol. The van der Waals surface area contributed by atoms with Gasteiger partial charge >= 0.3 is 0 Å². The van der Waals surface area contributed by atoms with Crippen LogP contribution in [0, 0.1) is 0 Å². The van der Waals surface area contributed by atoms with E-state index in [1.807, 2.05) is 29.2 Å². The van der Waals surface area contributed by atoms with E-state index >= 15 is 0 Å². The number of hydrogen-bond acceptors (Lipinski definition) is 2. The molecule has 0 spiro atoms. The van der Waals surface area contributed by atoms with Crippen molar-refractivity contribution < 1.29 is 4.79 Å². The van der Waals surface area contributed by atoms with Crippen LogP contribution in [0.4, 0.5) is 5.69 Å². The molecule has 1 N–H and O–H groups in total. The van der Waals surface area contributed by atoms with Crippen LogP contribution in [-0.4, -0.2) is 29.9 Å². The lowest BCUT2D eigenvalue weighted by Crippen LogP contribution is -2.44. The van der Waals surface area contributed by atoms with Crippen LogP contribution >= 0.6 is 15.9 Å². The summed E-state index contributed by atoms with van der Waals surface area (Å²) in [6.45, 7) is 3.42. The lowest BCUT2D eigenvalue weighted by molar-refractivity contribution is -0.132. The minimum absolute atomic E-state index is 0.199. The Labute approximate surface area is 117 Å². The molecule has 2 rings (SSSR count). The van der Waals surface area contributed by atoms with Crippen molar-refractivity contribution in [3.63, 3.8) is 0 Å². The molecule has 0 bridgehead atoms. The van der Waals surface area contributed by atoms with Crippen LogP contribution < -0.4 is 5.32 Å². The molecule has 1 aliphatic heterocycles. The van der Waals surface area contributed by atoms with E-state index in [2.05, 4.69) is 28.2 Å². The molecule has 4 heteroatoms. The smallest absolute Gasteiger partial charge is 0.242 e. The van der Waals surface area contributed by atoms with Crippen molar-refractivity contribution in [2.75, 3.05) is 18.4 Å². The Morgan fingerprint density at radius 1 is 1.39 bits per heavy atom. The van der Waals surface area contributed by atoms with Gasteiger partial charge in [-0.1, -0.05) is 15.9 Å². The topological polar surface area (TPSA) is 32.3 Å². The van der Waals surface area contributed by atoms with Crippen LogP contribution in [0.1, 0.15) is 26.2 Å². The van der Waals surface area contributed by atoms with E-state index in [9.17, 15) is 4.79 Å². The summed E-state index contributed by atoms with van der Waals surface area (Å²) in [6, 6.07) is 8.26. The largest absolute Gasteiger partial charge is 0.376 e. The summed E-state index contributed by atoms with van der Waals surface area (Å²) < 4.78 is 1.05. The summed E-state index contributed by atoms with van der Waals surface area (Å²) in [5.74, 6) is 0.199. The number of nitrogens with one attached hydrogen (secondary N) is 1. The van der Waals surface area contributed by atoms with Crippen LogP contribution in [0.25, 0.3) is 0 Å². The summed E-state index contributed by atoms with van der Waals surface area (Å²) >= 11 is 3.39. The van der Waals surface area contributed by atoms with Crippen molar-refractivity contribution in [1.29, 1.82) is 0 Å². The Morgan fingerprint density at radius 2 is 2.11 bits per heavy atom. The maximum Gasteiger partial charge on any atom is 0.242 e. The molecule has 1 saturated heterocycles. The molecule has 98 valence electrons. The Morgan fingerprint density at radius 3 is 2.78 bits per heavy atom. The number of rotatable bonds is 3. The molecule has 18 heavy (non-hydrogen) atoms. The van der Waals surface area contributed by atoms with Crippen LogP contribution in [0.3, 0.4) is 0 Å². The molecule has 1 amide bonds. The van der Waals surface area contributed by atoms with E-state index in [4.69, 9.17) is 0 Å². The Balaban J connectivity index is 1.85. The lowest BCUT2D eigenvalue weighted by Gasteiger charge is -2.33. The summed E-state index contributed by atoms with van der Waals surface area (Å²) in [7, 11) is 0. The second kappa shape index (κ2) is 6.23. The van der Waals surface area contributed by atoms with E-state index in [0.29, 0.717) is 12.6 Å². The fourth-order valence-electron chi connectivity index (χ4n) is 2.32. The maximum absolute atomic E-state index is 12.1. The first-order valence-electron chi connectivity index (χ1n) is 6.46. The van der Waals surface area contributed by atoms with Gasteiger partial charge in [-0.25, -0.2) is 0 Å². The normalized spacial score (nSPS) is 19.7. The quantitative estimate of drug-likeness (QED) is 0.929. The van der Waals surface area contributed by atoms with Gasteiger partial charge in [0.25, 0.3) is 0 Å². The highest BCUT2D eigenvalue weighted by Crippen LogP contribution is 2.17. The number of halogens is 1. The molecule has 0 aromatic heterocycles. The lowest BCUT2D eigenvalue weighted by atomic mass is 10.0. The minimum Gasteiger partial charge on any atom is -0.376 e. The number of anilines is 1. The molecular formula is C14H19BrN2O. The summed E-state index contributed by atoms with van der Waals surface area (Å²) in [6.07, 6.45) is 3.50. The number of benzene rings is 1. The van der Waals surface area contributed by atoms with E-state index < -0.39 is 0 Å². The van der Waals surface area contributed by atoms with E-state index in [1.165, 1.54) is 6.42 Å². The first-order chi connectivity index (χ1) is 8.66. The zero-order chi connectivity index (χ0) is 13.0. The van der Waals surface area contributed by atoms with Crippen LogP contribution in [0.2, 0.25) is 0 Å². The molecule has 1 heterocycles. The van der Waals surface area contributed by atoms with Gasteiger partial charge in [0, 0.05) is 22.7 Å². The van der Waals surface area contributed by atoms with Gasteiger partial charge in [0.15, 0.2) is 0 Å². The third-order valence-corrected chi connectivity index (χ3v) is 3.94. The first kappa shape index (κ1) is 13.4. The summed E-state index contributed by atoms with van der Waals surface area (Å²) in [5.41, 5.74) is 0.983. The molecule has 1 unspecified atom stereocenters. The third-order valence-electron chi connectivity index (χ3n) is 3.41. The molecule has 1 atom stereocenters. The van der Waals surface area contributed by atoms with Gasteiger partial charge in [0.2, 0.25) is 5.91 Å². The zero-order valence-electron chi connectivity index (χ0n) is 10.7. The van der Waals surface area contributed by atoms with Crippen molar-refractivity contribution in [3.8, 4) is 0 Å². The van der Waals surface area contributed by atoms with Crippen molar-refractivity contribution >= 4 is 27.5 Å². The van der Waals surface area contributed by atoms with Crippen LogP contribution in [0.15, 0.2) is 28.7 Å². The first-order valence-corrected chi connectivity index (χ1v) is 7.25. The highest BCUT2D eigenvalue weighted by molar-refractivity contribution is 9.10. The van der Waals surface area contributed by atoms with Gasteiger partial charge in [-0.15, -0.1) is 0 Å². The van der Waals surface area contributed by atoms with Gasteiger partial charge in [0.1, 0.15) is 0 Å². The van der Waals surface area contributed by atoms with Crippen molar-refractivity contribution in [3.05, 3.63) is 28.7 Å². The average Bonchev–Trinajstić information content (AvgIpc) is 2.38. The summed E-state index contributed by atoms with van der Waals surface area (Å²) in [5, 5.41) is 3.18. The van der Waals surface area contributed by atoms with Gasteiger partial charge < -0.3 is 10.2 Å². The predicted octanol–water partition coefficient (Wildman–Crippen LogP) is 3.26. The zero-order valence-corrected chi connectivity index (χ0v) is 12.2. The monoisotopic (exact) mass is 310 g/mol. The van der Waals surface area contributed by atoms with Crippen LogP contribution in [-0.2, 0) is 4.79 Å². The highest BCUT2D eigenvalue weighted by atomic mass is 79.9. The number of nitrogens with zero attached hydrogens (tertiary/aromatic N) is 1. The van der Waals surface area contributed by atoms with E-state index in [0.717, 1.165) is 29.5 Å². The Bertz CT molecular complexity index is 405. The molecule has 1 fully saturated rings. The van der Waals surface area contributed by atoms with Gasteiger partial charge in [-0.05, 0) is 50.5 Å². The Kier molecular flexibility index (Phi) is 4.64. The van der Waals surface area contributed by atoms with Crippen molar-refractivity contribution in [2.45, 2.75) is 32.2 Å². The van der Waals surface area contributed by atoms with Crippen molar-refractivity contribution in [1.82, 2.24) is 4.90 Å². The number of likely N-dealkylation sites (tertiary alicyclic amines) is 1. The molecular weight excluding hydrogens is 292 g/mol. The fraction of sp³-hybridized carbons (Fsp3) is 0.500. The van der Waals surface area contributed by atoms with E-state index in [-0.39, 0.29) is 5.91 Å². The number of amides is 1. The molecule has 0 saturated carbocycles. The summed E-state index contributed by atoms with van der Waals surface area (Å²) in [4.78, 5) is 14.1. The standard InChI is InChI=1S/C14H19BrN2O/c1-11-4-2-3-9-17(11)14(18)10-16-13-7-5-12(15)6-8-13/h5-8,11,16H,2-4,9-10H2,1H3. The Hall–Kier alpha value is -1.03. The van der Waals surface area contributed by atoms with Gasteiger partial charge in [-0.3, -0.25) is 4.79 Å². The van der Waals surface area contributed by atoms with Gasteiger partial charge in [-0.2, -0.15) is 0 Å². The van der Waals surface area contributed by atoms with Gasteiger partial charge in [0.05, 0.1) is 6.54 Å². The maximum atomic E-state index is 12.1. The number of carbonyl (C=O) groups excluding carboxylic acids is 1. The fourth-order valence-corrected chi connectivity index (χ4v) is 2.58. The molecule has 1 aromatic rings. The molecule has 0 aliphatic carbocycles. The van der Waals surface area contributed by atoms with E-state index in [1.54, 1.807) is 0 Å². The van der Waals surface area contributed by atoms with Crippen molar-refractivity contribution in [2.24, 2.45) is 0 Å². The molecule has 1 aromatic carbocycles. The number of carbonyl (C=O) groups is 1. The van der Waals surface area contributed by atoms with Crippen LogP contribution in [0.5, 0.6) is 0 Å². The SMILES string of the molecule is CC1CCCCN1C(=O)CNc1ccc(Br)cc1. The highest BCUT2D eigenvalue weighted by Gasteiger charge is 2.22. The molecule has 1 aliphatic rings. The number of hydrogen-bond donors (Lipinski definition) is 1. The molecule has 3 nitrogen and oxygen atoms in total. The second-order valence-corrected chi connectivity index (χ2v) is 5.71. The average molecular weight is 311 g/mol. The second-order valence-electron chi connectivity index (χ2n) is 4.79. The molecule has 0 radical (unpaired) electrons. The minimum atomic E-state index is 0.199. The number of piperidine rings is 1. The third kappa shape index (κ3) is 3.48.